The lowest BCUT2D eigenvalue weighted by molar-refractivity contribution is -0.115. The van der Waals surface area contributed by atoms with Crippen molar-refractivity contribution in [3.63, 3.8) is 0 Å². The van der Waals surface area contributed by atoms with Crippen LogP contribution >= 0.6 is 0 Å². The second kappa shape index (κ2) is 5.91. The lowest BCUT2D eigenvalue weighted by Gasteiger charge is -2.11. The van der Waals surface area contributed by atoms with Gasteiger partial charge in [0.25, 0.3) is 0 Å². The molecule has 5 heteroatoms. The largest absolute Gasteiger partial charge is 0.397 e. The minimum Gasteiger partial charge on any atom is -0.397 e. The standard InChI is InChI=1S/C16H16F2N2O/c1-9-3-4-10(2)11(7-9)8-14(21)20-16-13(19)6-5-12(17)15(16)18/h3-7H,8,19H2,1-2H3,(H,20,21). The molecule has 1 amide bonds. The van der Waals surface area contributed by atoms with Crippen LogP contribution in [0.1, 0.15) is 16.7 Å². The van der Waals surface area contributed by atoms with E-state index in [0.717, 1.165) is 22.8 Å². The number of nitrogen functional groups attached to an aromatic ring is 1. The predicted octanol–water partition coefficient (Wildman–Crippen LogP) is 3.35. The molecule has 0 atom stereocenters. The van der Waals surface area contributed by atoms with E-state index in [1.54, 1.807) is 0 Å². The van der Waals surface area contributed by atoms with Crippen molar-refractivity contribution in [2.45, 2.75) is 20.3 Å². The number of carbonyl (C=O) groups is 1. The van der Waals surface area contributed by atoms with Crippen molar-refractivity contribution in [1.82, 2.24) is 0 Å². The van der Waals surface area contributed by atoms with E-state index in [-0.39, 0.29) is 17.8 Å². The second-order valence-corrected chi connectivity index (χ2v) is 4.98. The first-order valence-electron chi connectivity index (χ1n) is 6.48. The molecule has 110 valence electrons. The van der Waals surface area contributed by atoms with E-state index < -0.39 is 17.5 Å². The lowest BCUT2D eigenvalue weighted by atomic mass is 10.0. The number of anilines is 2. The molecule has 21 heavy (non-hydrogen) atoms. The molecule has 3 nitrogen and oxygen atoms in total. The topological polar surface area (TPSA) is 55.1 Å². The Morgan fingerprint density at radius 3 is 2.62 bits per heavy atom. The highest BCUT2D eigenvalue weighted by Gasteiger charge is 2.15. The summed E-state index contributed by atoms with van der Waals surface area (Å²) in [6, 6.07) is 7.88. The van der Waals surface area contributed by atoms with Crippen LogP contribution in [0.4, 0.5) is 20.2 Å². The molecule has 0 unspecified atom stereocenters. The Hall–Kier alpha value is -2.43. The lowest BCUT2D eigenvalue weighted by Crippen LogP contribution is -2.17. The number of benzene rings is 2. The molecular formula is C16H16F2N2O. The van der Waals surface area contributed by atoms with Crippen molar-refractivity contribution in [3.05, 3.63) is 58.7 Å². The first-order chi connectivity index (χ1) is 9.88. The minimum absolute atomic E-state index is 0.0109. The number of amides is 1. The monoisotopic (exact) mass is 290 g/mol. The van der Waals surface area contributed by atoms with Gasteiger partial charge in [-0.2, -0.15) is 0 Å². The SMILES string of the molecule is Cc1ccc(C)c(CC(=O)Nc2c(N)ccc(F)c2F)c1. The number of halogens is 2. The van der Waals surface area contributed by atoms with E-state index in [2.05, 4.69) is 5.32 Å². The summed E-state index contributed by atoms with van der Waals surface area (Å²) in [5, 5.41) is 2.34. The van der Waals surface area contributed by atoms with Gasteiger partial charge < -0.3 is 11.1 Å². The van der Waals surface area contributed by atoms with Crippen LogP contribution in [0.15, 0.2) is 30.3 Å². The first kappa shape index (κ1) is 15.0. The van der Waals surface area contributed by atoms with E-state index in [9.17, 15) is 13.6 Å². The van der Waals surface area contributed by atoms with E-state index >= 15 is 0 Å². The highest BCUT2D eigenvalue weighted by molar-refractivity contribution is 5.95. The van der Waals surface area contributed by atoms with Gasteiger partial charge in [-0.25, -0.2) is 8.78 Å². The fraction of sp³-hybridized carbons (Fsp3) is 0.188. The molecule has 0 radical (unpaired) electrons. The zero-order valence-corrected chi connectivity index (χ0v) is 11.8. The van der Waals surface area contributed by atoms with Crippen molar-refractivity contribution in [2.24, 2.45) is 0 Å². The third kappa shape index (κ3) is 3.37. The Morgan fingerprint density at radius 1 is 1.19 bits per heavy atom. The summed E-state index contributed by atoms with van der Waals surface area (Å²) in [4.78, 5) is 12.0. The maximum Gasteiger partial charge on any atom is 0.228 e. The maximum atomic E-state index is 13.6. The van der Waals surface area contributed by atoms with Gasteiger partial charge >= 0.3 is 0 Å². The zero-order valence-electron chi connectivity index (χ0n) is 11.8. The molecule has 2 aromatic rings. The van der Waals surface area contributed by atoms with E-state index in [1.807, 2.05) is 32.0 Å². The fourth-order valence-electron chi connectivity index (χ4n) is 2.04. The molecule has 0 aromatic heterocycles. The number of hydrogen-bond acceptors (Lipinski definition) is 2. The fourth-order valence-corrected chi connectivity index (χ4v) is 2.04. The number of nitrogens with two attached hydrogens (primary N) is 1. The van der Waals surface area contributed by atoms with E-state index in [1.165, 1.54) is 6.07 Å². The van der Waals surface area contributed by atoms with Crippen LogP contribution in [-0.4, -0.2) is 5.91 Å². The summed E-state index contributed by atoms with van der Waals surface area (Å²) in [7, 11) is 0. The van der Waals surface area contributed by atoms with Gasteiger partial charge in [0.15, 0.2) is 11.6 Å². The van der Waals surface area contributed by atoms with Gasteiger partial charge in [0.05, 0.1) is 12.1 Å². The molecule has 0 fully saturated rings. The maximum absolute atomic E-state index is 13.6. The molecule has 0 aliphatic carbocycles. The van der Waals surface area contributed by atoms with Gasteiger partial charge in [0.2, 0.25) is 5.91 Å². The normalized spacial score (nSPS) is 10.5. The Labute approximate surface area is 121 Å². The van der Waals surface area contributed by atoms with Crippen molar-refractivity contribution >= 4 is 17.3 Å². The summed E-state index contributed by atoms with van der Waals surface area (Å²) in [6.45, 7) is 3.81. The van der Waals surface area contributed by atoms with Crippen LogP contribution in [0.25, 0.3) is 0 Å². The van der Waals surface area contributed by atoms with Gasteiger partial charge in [-0.05, 0) is 37.1 Å². The second-order valence-electron chi connectivity index (χ2n) is 4.98. The molecule has 0 heterocycles. The van der Waals surface area contributed by atoms with Crippen LogP contribution in [0.3, 0.4) is 0 Å². The van der Waals surface area contributed by atoms with Gasteiger partial charge in [-0.15, -0.1) is 0 Å². The van der Waals surface area contributed by atoms with Crippen LogP contribution < -0.4 is 11.1 Å². The molecule has 2 aromatic carbocycles. The Kier molecular flexibility index (Phi) is 4.21. The smallest absolute Gasteiger partial charge is 0.228 e. The number of rotatable bonds is 3. The van der Waals surface area contributed by atoms with E-state index in [0.29, 0.717) is 0 Å². The van der Waals surface area contributed by atoms with E-state index in [4.69, 9.17) is 5.73 Å². The summed E-state index contributed by atoms with van der Waals surface area (Å²) < 4.78 is 26.8. The van der Waals surface area contributed by atoms with Crippen LogP contribution in [-0.2, 0) is 11.2 Å². The number of aryl methyl sites for hydroxylation is 2. The zero-order chi connectivity index (χ0) is 15.6. The van der Waals surface area contributed by atoms with Gasteiger partial charge in [-0.3, -0.25) is 4.79 Å². The molecule has 0 spiro atoms. The number of hydrogen-bond donors (Lipinski definition) is 2. The first-order valence-corrected chi connectivity index (χ1v) is 6.48. The minimum atomic E-state index is -1.15. The third-order valence-electron chi connectivity index (χ3n) is 3.25. The van der Waals surface area contributed by atoms with Gasteiger partial charge in [-0.1, -0.05) is 23.8 Å². The summed E-state index contributed by atoms with van der Waals surface area (Å²) in [5.41, 5.74) is 8.06. The van der Waals surface area contributed by atoms with Gasteiger partial charge in [0.1, 0.15) is 5.69 Å². The van der Waals surface area contributed by atoms with Crippen LogP contribution in [0.5, 0.6) is 0 Å². The molecule has 0 aliphatic heterocycles. The average molecular weight is 290 g/mol. The Bertz CT molecular complexity index is 699. The molecule has 0 saturated carbocycles. The molecule has 0 saturated heterocycles. The Balaban J connectivity index is 2.20. The summed E-state index contributed by atoms with van der Waals surface area (Å²) >= 11 is 0. The summed E-state index contributed by atoms with van der Waals surface area (Å²) in [5.74, 6) is -2.64. The highest BCUT2D eigenvalue weighted by Crippen LogP contribution is 2.25. The molecular weight excluding hydrogens is 274 g/mol. The van der Waals surface area contributed by atoms with Crippen LogP contribution in [0, 0.1) is 25.5 Å². The van der Waals surface area contributed by atoms with Crippen molar-refractivity contribution in [2.75, 3.05) is 11.1 Å². The number of nitrogens with one attached hydrogen (secondary N) is 1. The molecule has 3 N–H and O–H groups in total. The van der Waals surface area contributed by atoms with Crippen molar-refractivity contribution in [3.8, 4) is 0 Å². The molecule has 2 rings (SSSR count). The van der Waals surface area contributed by atoms with Crippen LogP contribution in [0.2, 0.25) is 0 Å². The third-order valence-corrected chi connectivity index (χ3v) is 3.25. The molecule has 0 aliphatic rings. The Morgan fingerprint density at radius 2 is 1.90 bits per heavy atom. The predicted molar refractivity (Wildman–Crippen MR) is 79.0 cm³/mol. The summed E-state index contributed by atoms with van der Waals surface area (Å²) in [6.07, 6.45) is 0.0723. The number of carbonyl (C=O) groups excluding carboxylic acids is 1. The highest BCUT2D eigenvalue weighted by atomic mass is 19.2. The van der Waals surface area contributed by atoms with Gasteiger partial charge in [0, 0.05) is 0 Å². The molecule has 0 bridgehead atoms. The van der Waals surface area contributed by atoms with Crippen molar-refractivity contribution in [1.29, 1.82) is 0 Å². The van der Waals surface area contributed by atoms with Crippen molar-refractivity contribution < 1.29 is 13.6 Å². The average Bonchev–Trinajstić information content (AvgIpc) is 2.43. The quantitative estimate of drug-likeness (QED) is 0.852.